The van der Waals surface area contributed by atoms with Crippen molar-refractivity contribution < 1.29 is 4.42 Å². The van der Waals surface area contributed by atoms with E-state index in [1.165, 1.54) is 31.5 Å². The zero-order valence-corrected chi connectivity index (χ0v) is 12.4. The van der Waals surface area contributed by atoms with Crippen molar-refractivity contribution in [2.75, 3.05) is 26.2 Å². The van der Waals surface area contributed by atoms with Gasteiger partial charge in [0.2, 0.25) is 0 Å². The predicted molar refractivity (Wildman–Crippen MR) is 82.7 cm³/mol. The van der Waals surface area contributed by atoms with Crippen molar-refractivity contribution in [2.24, 2.45) is 0 Å². The molecule has 3 rings (SSSR count). The molecule has 3 heterocycles. The van der Waals surface area contributed by atoms with Crippen molar-refractivity contribution >= 4 is 0 Å². The first-order chi connectivity index (χ1) is 10.4. The summed E-state index contributed by atoms with van der Waals surface area (Å²) in [6.07, 6.45) is 8.22. The van der Waals surface area contributed by atoms with Crippen molar-refractivity contribution in [3.8, 4) is 0 Å². The molecule has 0 aromatic carbocycles. The van der Waals surface area contributed by atoms with Crippen molar-refractivity contribution in [3.63, 3.8) is 0 Å². The van der Waals surface area contributed by atoms with E-state index in [1.54, 1.807) is 6.26 Å². The summed E-state index contributed by atoms with van der Waals surface area (Å²) < 4.78 is 5.50. The van der Waals surface area contributed by atoms with Gasteiger partial charge in [-0.05, 0) is 49.7 Å². The van der Waals surface area contributed by atoms with E-state index >= 15 is 0 Å². The van der Waals surface area contributed by atoms with E-state index in [0.717, 1.165) is 31.9 Å². The molecular formula is C17H23N3O. The topological polar surface area (TPSA) is 32.5 Å². The van der Waals surface area contributed by atoms with Crippen LogP contribution in [0.5, 0.6) is 0 Å². The van der Waals surface area contributed by atoms with Crippen LogP contribution in [-0.2, 0) is 13.1 Å². The number of likely N-dealkylation sites (tertiary alicyclic amines) is 1. The van der Waals surface area contributed by atoms with Gasteiger partial charge in [0.05, 0.1) is 12.8 Å². The van der Waals surface area contributed by atoms with Gasteiger partial charge in [-0.1, -0.05) is 6.07 Å². The van der Waals surface area contributed by atoms with Gasteiger partial charge in [0, 0.05) is 32.0 Å². The summed E-state index contributed by atoms with van der Waals surface area (Å²) in [6.45, 7) is 6.48. The molecule has 1 aliphatic heterocycles. The summed E-state index contributed by atoms with van der Waals surface area (Å²) in [5.74, 6) is 1.03. The molecule has 0 bridgehead atoms. The summed E-state index contributed by atoms with van der Waals surface area (Å²) >= 11 is 0. The van der Waals surface area contributed by atoms with Gasteiger partial charge in [-0.15, -0.1) is 0 Å². The maximum absolute atomic E-state index is 5.50. The highest BCUT2D eigenvalue weighted by Crippen LogP contribution is 2.12. The molecule has 21 heavy (non-hydrogen) atoms. The summed E-state index contributed by atoms with van der Waals surface area (Å²) in [6, 6.07) is 8.14. The van der Waals surface area contributed by atoms with Gasteiger partial charge in [-0.25, -0.2) is 0 Å². The molecule has 2 aromatic heterocycles. The van der Waals surface area contributed by atoms with E-state index < -0.39 is 0 Å². The Bertz CT molecular complexity index is 506. The SMILES string of the molecule is c1cncc(CN(CCN2CCCC2)Cc2ccco2)c1. The van der Waals surface area contributed by atoms with Crippen molar-refractivity contribution in [2.45, 2.75) is 25.9 Å². The summed E-state index contributed by atoms with van der Waals surface area (Å²) in [5.41, 5.74) is 1.26. The second-order valence-electron chi connectivity index (χ2n) is 5.70. The Kier molecular flexibility index (Phi) is 5.03. The average molecular weight is 285 g/mol. The maximum atomic E-state index is 5.50. The number of pyridine rings is 1. The second-order valence-corrected chi connectivity index (χ2v) is 5.70. The third-order valence-electron chi connectivity index (χ3n) is 4.02. The van der Waals surface area contributed by atoms with E-state index in [2.05, 4.69) is 20.9 Å². The monoisotopic (exact) mass is 285 g/mol. The molecule has 2 aromatic rings. The summed E-state index contributed by atoms with van der Waals surface area (Å²) in [4.78, 5) is 9.20. The largest absolute Gasteiger partial charge is 0.468 e. The molecule has 1 fully saturated rings. The number of furan rings is 1. The number of hydrogen-bond acceptors (Lipinski definition) is 4. The third kappa shape index (κ3) is 4.41. The molecule has 0 spiro atoms. The zero-order valence-electron chi connectivity index (χ0n) is 12.4. The van der Waals surface area contributed by atoms with E-state index in [4.69, 9.17) is 4.42 Å². The van der Waals surface area contributed by atoms with Gasteiger partial charge in [0.25, 0.3) is 0 Å². The van der Waals surface area contributed by atoms with Crippen LogP contribution in [0.25, 0.3) is 0 Å². The Morgan fingerprint density at radius 2 is 2.05 bits per heavy atom. The Balaban J connectivity index is 1.59. The van der Waals surface area contributed by atoms with Gasteiger partial charge in [-0.2, -0.15) is 0 Å². The Labute approximate surface area is 126 Å². The van der Waals surface area contributed by atoms with Crippen molar-refractivity contribution in [1.29, 1.82) is 0 Å². The second kappa shape index (κ2) is 7.38. The minimum Gasteiger partial charge on any atom is -0.468 e. The van der Waals surface area contributed by atoms with Crippen LogP contribution in [0.3, 0.4) is 0 Å². The number of hydrogen-bond donors (Lipinski definition) is 0. The quantitative estimate of drug-likeness (QED) is 0.783. The molecule has 1 saturated heterocycles. The Morgan fingerprint density at radius 3 is 2.76 bits per heavy atom. The first-order valence-corrected chi connectivity index (χ1v) is 7.76. The molecule has 4 nitrogen and oxygen atoms in total. The number of rotatable bonds is 7. The van der Waals surface area contributed by atoms with E-state index in [9.17, 15) is 0 Å². The normalized spacial score (nSPS) is 15.9. The lowest BCUT2D eigenvalue weighted by Gasteiger charge is -2.24. The van der Waals surface area contributed by atoms with Gasteiger partial charge in [0.15, 0.2) is 0 Å². The van der Waals surface area contributed by atoms with Crippen LogP contribution in [0.2, 0.25) is 0 Å². The standard InChI is InChI=1S/C17H23N3O/c1-2-9-19(8-1)10-11-20(15-17-6-4-12-21-17)14-16-5-3-7-18-13-16/h3-7,12-13H,1-2,8-11,14-15H2. The fourth-order valence-electron chi connectivity index (χ4n) is 2.88. The molecule has 0 amide bonds. The Hall–Kier alpha value is -1.65. The maximum Gasteiger partial charge on any atom is 0.117 e. The highest BCUT2D eigenvalue weighted by Gasteiger charge is 2.14. The lowest BCUT2D eigenvalue weighted by molar-refractivity contribution is 0.199. The fourth-order valence-corrected chi connectivity index (χ4v) is 2.88. The smallest absolute Gasteiger partial charge is 0.117 e. The molecule has 0 radical (unpaired) electrons. The predicted octanol–water partition coefficient (Wildman–Crippen LogP) is 2.77. The van der Waals surface area contributed by atoms with Crippen LogP contribution in [0.1, 0.15) is 24.2 Å². The lowest BCUT2D eigenvalue weighted by Crippen LogP contribution is -2.33. The van der Waals surface area contributed by atoms with Crippen LogP contribution >= 0.6 is 0 Å². The minimum atomic E-state index is 0.857. The van der Waals surface area contributed by atoms with E-state index in [0.29, 0.717) is 0 Å². The molecule has 0 N–H and O–H groups in total. The van der Waals surface area contributed by atoms with Crippen LogP contribution in [0.4, 0.5) is 0 Å². The fraction of sp³-hybridized carbons (Fsp3) is 0.471. The van der Waals surface area contributed by atoms with Gasteiger partial charge < -0.3 is 9.32 Å². The van der Waals surface area contributed by atoms with E-state index in [1.807, 2.05) is 30.6 Å². The first kappa shape index (κ1) is 14.3. The lowest BCUT2D eigenvalue weighted by atomic mass is 10.2. The summed E-state index contributed by atoms with van der Waals surface area (Å²) in [5, 5.41) is 0. The number of aromatic nitrogens is 1. The van der Waals surface area contributed by atoms with Gasteiger partial charge in [0.1, 0.15) is 5.76 Å². The zero-order chi connectivity index (χ0) is 14.3. The molecular weight excluding hydrogens is 262 g/mol. The minimum absolute atomic E-state index is 0.857. The van der Waals surface area contributed by atoms with Crippen molar-refractivity contribution in [3.05, 3.63) is 54.2 Å². The van der Waals surface area contributed by atoms with Crippen LogP contribution in [-0.4, -0.2) is 41.0 Å². The molecule has 0 unspecified atom stereocenters. The van der Waals surface area contributed by atoms with Gasteiger partial charge >= 0.3 is 0 Å². The summed E-state index contributed by atoms with van der Waals surface area (Å²) in [7, 11) is 0. The highest BCUT2D eigenvalue weighted by atomic mass is 16.3. The molecule has 4 heteroatoms. The highest BCUT2D eigenvalue weighted by molar-refractivity contribution is 5.08. The average Bonchev–Trinajstić information content (AvgIpc) is 3.19. The molecule has 0 aliphatic carbocycles. The third-order valence-corrected chi connectivity index (χ3v) is 4.02. The molecule has 0 atom stereocenters. The molecule has 112 valence electrons. The number of nitrogens with zero attached hydrogens (tertiary/aromatic N) is 3. The Morgan fingerprint density at radius 1 is 1.14 bits per heavy atom. The van der Waals surface area contributed by atoms with Gasteiger partial charge in [-0.3, -0.25) is 9.88 Å². The first-order valence-electron chi connectivity index (χ1n) is 7.76. The van der Waals surface area contributed by atoms with Crippen LogP contribution in [0, 0.1) is 0 Å². The molecule has 0 saturated carbocycles. The van der Waals surface area contributed by atoms with Crippen LogP contribution < -0.4 is 0 Å². The molecule has 1 aliphatic rings. The van der Waals surface area contributed by atoms with E-state index in [-0.39, 0.29) is 0 Å². The van der Waals surface area contributed by atoms with Crippen LogP contribution in [0.15, 0.2) is 47.3 Å². The van der Waals surface area contributed by atoms with Crippen molar-refractivity contribution in [1.82, 2.24) is 14.8 Å².